The Morgan fingerprint density at radius 2 is 1.77 bits per heavy atom. The number of hydrogen-bond acceptors (Lipinski definition) is 6. The van der Waals surface area contributed by atoms with Crippen LogP contribution in [-0.2, 0) is 26.2 Å². The maximum Gasteiger partial charge on any atom is 0.255 e. The number of hydrogen-bond donors (Lipinski definition) is 1. The minimum atomic E-state index is -0.533. The van der Waals surface area contributed by atoms with E-state index < -0.39 is 11.7 Å². The average molecular weight is 458 g/mol. The zero-order chi connectivity index (χ0) is 22.1. The highest BCUT2D eigenvalue weighted by Gasteiger charge is 2.56. The Morgan fingerprint density at radius 3 is 2.42 bits per heavy atom. The third kappa shape index (κ3) is 3.03. The van der Waals surface area contributed by atoms with Gasteiger partial charge in [-0.05, 0) is 54.7 Å². The second-order valence-corrected chi connectivity index (χ2v) is 8.85. The van der Waals surface area contributed by atoms with Crippen LogP contribution in [0.2, 0.25) is 10.0 Å². The highest BCUT2D eigenvalue weighted by atomic mass is 35.5. The molecule has 1 heterocycles. The molecule has 1 saturated carbocycles. The standard InChI is InChI=1S/C22H17Cl2N3O4/c1-10-16(3-2-11-6-17(29)22(4-5-22)19(10)11)31-20-13(23)7-12(8-14(20)24)27-18(30)9-15(28)21(25)26-27/h2-3,7-8H,4-6,9H2,1H3,(H2,25,26). The molecule has 0 aromatic heterocycles. The van der Waals surface area contributed by atoms with Crippen molar-refractivity contribution in [2.45, 2.75) is 38.0 Å². The van der Waals surface area contributed by atoms with Gasteiger partial charge in [-0.25, -0.2) is 0 Å². The van der Waals surface area contributed by atoms with Crippen molar-refractivity contribution in [1.82, 2.24) is 0 Å². The molecule has 5 rings (SSSR count). The fraction of sp³-hybridized carbons (Fsp3) is 0.273. The molecule has 2 N–H and O–H groups in total. The van der Waals surface area contributed by atoms with Crippen LogP contribution in [0.4, 0.5) is 5.69 Å². The number of amidine groups is 1. The molecule has 3 aliphatic rings. The van der Waals surface area contributed by atoms with E-state index in [9.17, 15) is 14.4 Å². The Labute approximate surface area is 187 Å². The summed E-state index contributed by atoms with van der Waals surface area (Å²) in [5.41, 5.74) is 8.51. The van der Waals surface area contributed by atoms with Crippen molar-refractivity contribution in [3.05, 3.63) is 51.0 Å². The van der Waals surface area contributed by atoms with Crippen LogP contribution in [0, 0.1) is 6.92 Å². The molecule has 1 amide bonds. The van der Waals surface area contributed by atoms with Gasteiger partial charge in [-0.3, -0.25) is 14.4 Å². The van der Waals surface area contributed by atoms with E-state index >= 15 is 0 Å². The Balaban J connectivity index is 1.50. The molecule has 0 radical (unpaired) electrons. The normalized spacial score (nSPS) is 19.0. The van der Waals surface area contributed by atoms with Crippen LogP contribution < -0.4 is 15.5 Å². The van der Waals surface area contributed by atoms with Crippen LogP contribution in [0.25, 0.3) is 0 Å². The molecule has 31 heavy (non-hydrogen) atoms. The predicted molar refractivity (Wildman–Crippen MR) is 116 cm³/mol. The summed E-state index contributed by atoms with van der Waals surface area (Å²) in [6, 6.07) is 6.68. The Morgan fingerprint density at radius 1 is 1.10 bits per heavy atom. The second kappa shape index (κ2) is 6.80. The van der Waals surface area contributed by atoms with E-state index in [1.54, 1.807) is 0 Å². The zero-order valence-corrected chi connectivity index (χ0v) is 18.0. The van der Waals surface area contributed by atoms with Crippen LogP contribution in [0.15, 0.2) is 29.4 Å². The second-order valence-electron chi connectivity index (χ2n) is 8.04. The van der Waals surface area contributed by atoms with E-state index in [2.05, 4.69) is 5.10 Å². The smallest absolute Gasteiger partial charge is 0.255 e. The number of rotatable bonds is 3. The van der Waals surface area contributed by atoms with Gasteiger partial charge in [0, 0.05) is 6.42 Å². The van der Waals surface area contributed by atoms with E-state index in [0.29, 0.717) is 12.2 Å². The van der Waals surface area contributed by atoms with Gasteiger partial charge in [0.2, 0.25) is 5.78 Å². The zero-order valence-electron chi connectivity index (χ0n) is 16.5. The summed E-state index contributed by atoms with van der Waals surface area (Å²) >= 11 is 12.9. The van der Waals surface area contributed by atoms with Gasteiger partial charge in [-0.2, -0.15) is 5.01 Å². The quantitative estimate of drug-likeness (QED) is 0.705. The van der Waals surface area contributed by atoms with Crippen molar-refractivity contribution in [2.75, 3.05) is 5.01 Å². The minimum absolute atomic E-state index is 0.165. The molecule has 2 aromatic rings. The topological polar surface area (TPSA) is 102 Å². The Hall–Kier alpha value is -2.90. The molecule has 0 atom stereocenters. The highest BCUT2D eigenvalue weighted by molar-refractivity contribution is 6.44. The van der Waals surface area contributed by atoms with E-state index in [1.807, 2.05) is 19.1 Å². The first kappa shape index (κ1) is 20.0. The number of anilines is 1. The molecule has 0 unspecified atom stereocenters. The van der Waals surface area contributed by atoms with E-state index in [0.717, 1.165) is 34.5 Å². The predicted octanol–water partition coefficient (Wildman–Crippen LogP) is 3.83. The first-order valence-electron chi connectivity index (χ1n) is 9.74. The lowest BCUT2D eigenvalue weighted by molar-refractivity contribution is -0.124. The van der Waals surface area contributed by atoms with Crippen molar-refractivity contribution in [3.63, 3.8) is 0 Å². The molecule has 1 spiro atoms. The van der Waals surface area contributed by atoms with Gasteiger partial charge in [-0.15, -0.1) is 5.10 Å². The molecule has 158 valence electrons. The van der Waals surface area contributed by atoms with E-state index in [-0.39, 0.29) is 44.9 Å². The minimum Gasteiger partial charge on any atom is -0.454 e. The molecular weight excluding hydrogens is 441 g/mol. The highest BCUT2D eigenvalue weighted by Crippen LogP contribution is 2.57. The number of nitrogens with zero attached hydrogens (tertiary/aromatic N) is 2. The van der Waals surface area contributed by atoms with Gasteiger partial charge in [-0.1, -0.05) is 29.3 Å². The van der Waals surface area contributed by atoms with Gasteiger partial charge in [0.1, 0.15) is 11.5 Å². The van der Waals surface area contributed by atoms with Gasteiger partial charge in [0.25, 0.3) is 5.91 Å². The number of fused-ring (bicyclic) bond motifs is 2. The van der Waals surface area contributed by atoms with Crippen molar-refractivity contribution in [3.8, 4) is 11.5 Å². The number of carbonyl (C=O) groups is 3. The van der Waals surface area contributed by atoms with E-state index in [1.165, 1.54) is 12.1 Å². The monoisotopic (exact) mass is 457 g/mol. The lowest BCUT2D eigenvalue weighted by Gasteiger charge is -2.22. The lowest BCUT2D eigenvalue weighted by atomic mass is 9.93. The largest absolute Gasteiger partial charge is 0.454 e. The van der Waals surface area contributed by atoms with Gasteiger partial charge < -0.3 is 10.5 Å². The Bertz CT molecular complexity index is 1210. The maximum absolute atomic E-state index is 12.4. The third-order valence-electron chi connectivity index (χ3n) is 6.10. The van der Waals surface area contributed by atoms with Gasteiger partial charge in [0.15, 0.2) is 11.6 Å². The summed E-state index contributed by atoms with van der Waals surface area (Å²) in [4.78, 5) is 36.2. The summed E-state index contributed by atoms with van der Waals surface area (Å²) in [6.45, 7) is 1.93. The number of ether oxygens (including phenoxy) is 1. The maximum atomic E-state index is 12.4. The lowest BCUT2D eigenvalue weighted by Crippen LogP contribution is -2.40. The van der Waals surface area contributed by atoms with Crippen LogP contribution in [0.3, 0.4) is 0 Å². The molecule has 2 aromatic carbocycles. The third-order valence-corrected chi connectivity index (χ3v) is 6.66. The average Bonchev–Trinajstić information content (AvgIpc) is 3.45. The summed E-state index contributed by atoms with van der Waals surface area (Å²) < 4.78 is 6.07. The number of ketones is 2. The van der Waals surface area contributed by atoms with Crippen molar-refractivity contribution in [2.24, 2.45) is 10.8 Å². The first-order valence-corrected chi connectivity index (χ1v) is 10.5. The fourth-order valence-electron chi connectivity index (χ4n) is 4.41. The van der Waals surface area contributed by atoms with E-state index in [4.69, 9.17) is 33.7 Å². The number of nitrogens with two attached hydrogens (primary N) is 1. The molecular formula is C22H17Cl2N3O4. The van der Waals surface area contributed by atoms with Crippen LogP contribution >= 0.6 is 23.2 Å². The molecule has 9 heteroatoms. The molecule has 7 nitrogen and oxygen atoms in total. The fourth-order valence-corrected chi connectivity index (χ4v) is 4.96. The number of carbonyl (C=O) groups excluding carboxylic acids is 3. The molecule has 0 saturated heterocycles. The number of halogens is 2. The van der Waals surface area contributed by atoms with Crippen molar-refractivity contribution >= 4 is 52.2 Å². The number of amides is 1. The Kier molecular flexibility index (Phi) is 4.39. The van der Waals surface area contributed by atoms with Crippen LogP contribution in [0.1, 0.15) is 36.0 Å². The summed E-state index contributed by atoms with van der Waals surface area (Å²) in [5.74, 6) is -0.261. The summed E-state index contributed by atoms with van der Waals surface area (Å²) in [6.07, 6.45) is 1.82. The molecule has 1 aliphatic heterocycles. The summed E-state index contributed by atoms with van der Waals surface area (Å²) in [5, 5.41) is 5.16. The van der Waals surface area contributed by atoms with Gasteiger partial charge in [0.05, 0.1) is 27.6 Å². The summed E-state index contributed by atoms with van der Waals surface area (Å²) in [7, 11) is 0. The van der Waals surface area contributed by atoms with Crippen molar-refractivity contribution in [1.29, 1.82) is 0 Å². The number of hydrazone groups is 1. The molecule has 0 bridgehead atoms. The van der Waals surface area contributed by atoms with Crippen LogP contribution in [-0.4, -0.2) is 23.3 Å². The number of benzene rings is 2. The van der Waals surface area contributed by atoms with Crippen molar-refractivity contribution < 1.29 is 19.1 Å². The molecule has 1 fully saturated rings. The first-order chi connectivity index (χ1) is 14.7. The SMILES string of the molecule is Cc1c(Oc2c(Cl)cc(N3N=C(N)C(=O)CC3=O)cc2Cl)ccc2c1C1(CC1)C(=O)C2. The molecule has 2 aliphatic carbocycles. The van der Waals surface area contributed by atoms with Gasteiger partial charge >= 0.3 is 0 Å². The number of Topliss-reactive ketones (excluding diaryl/α,β-unsaturated/α-hetero) is 2. The van der Waals surface area contributed by atoms with Crippen LogP contribution in [0.5, 0.6) is 11.5 Å².